The minimum atomic E-state index is -3.07. The lowest BCUT2D eigenvalue weighted by atomic mass is 9.91. The van der Waals surface area contributed by atoms with E-state index in [0.717, 1.165) is 17.6 Å². The van der Waals surface area contributed by atoms with E-state index in [1.54, 1.807) is 12.0 Å². The molecule has 0 radical (unpaired) electrons. The summed E-state index contributed by atoms with van der Waals surface area (Å²) in [6, 6.07) is 7.48. The predicted molar refractivity (Wildman–Crippen MR) is 95.2 cm³/mol. The van der Waals surface area contributed by atoms with E-state index in [1.165, 1.54) is 0 Å². The zero-order valence-electron chi connectivity index (χ0n) is 14.7. The van der Waals surface area contributed by atoms with Gasteiger partial charge in [0.1, 0.15) is 15.6 Å². The summed E-state index contributed by atoms with van der Waals surface area (Å²) in [7, 11) is -1.48. The van der Waals surface area contributed by atoms with Gasteiger partial charge in [0.2, 0.25) is 0 Å². The second-order valence-electron chi connectivity index (χ2n) is 6.52. The number of nitrogens with one attached hydrogen (secondary N) is 1. The zero-order chi connectivity index (χ0) is 18.5. The number of ether oxygens (including phenoxy) is 1. The van der Waals surface area contributed by atoms with Crippen LogP contribution in [0, 0.1) is 0 Å². The molecule has 1 heterocycles. The number of methoxy groups -OCH3 is 1. The average molecular weight is 370 g/mol. The van der Waals surface area contributed by atoms with Gasteiger partial charge < -0.3 is 20.1 Å². The summed E-state index contributed by atoms with van der Waals surface area (Å²) in [5, 5.41) is 13.6. The molecule has 0 spiro atoms. The first kappa shape index (κ1) is 19.7. The second kappa shape index (κ2) is 8.16. The molecule has 7 nitrogen and oxygen atoms in total. The number of likely N-dealkylation sites (tertiary alicyclic amines) is 1. The third-order valence-electron chi connectivity index (χ3n) is 4.28. The Morgan fingerprint density at radius 3 is 2.84 bits per heavy atom. The number of nitrogens with zero attached hydrogens (tertiary/aromatic N) is 1. The van der Waals surface area contributed by atoms with Crippen molar-refractivity contribution >= 4 is 15.7 Å². The Balaban J connectivity index is 1.96. The Bertz CT molecular complexity index is 707. The van der Waals surface area contributed by atoms with Crippen LogP contribution in [0.15, 0.2) is 24.3 Å². The molecule has 8 heteroatoms. The molecule has 0 unspecified atom stereocenters. The van der Waals surface area contributed by atoms with E-state index in [4.69, 9.17) is 4.74 Å². The van der Waals surface area contributed by atoms with Crippen LogP contribution >= 0.6 is 0 Å². The molecule has 0 aliphatic carbocycles. The van der Waals surface area contributed by atoms with Crippen LogP contribution < -0.4 is 10.1 Å². The highest BCUT2D eigenvalue weighted by Crippen LogP contribution is 2.24. The van der Waals surface area contributed by atoms with Crippen LogP contribution in [0.25, 0.3) is 0 Å². The molecule has 0 aromatic heterocycles. The highest BCUT2D eigenvalue weighted by atomic mass is 32.2. The van der Waals surface area contributed by atoms with E-state index in [-0.39, 0.29) is 24.7 Å². The van der Waals surface area contributed by atoms with E-state index in [1.807, 2.05) is 24.3 Å². The highest BCUT2D eigenvalue weighted by molar-refractivity contribution is 7.90. The Kier molecular flexibility index (Phi) is 6.42. The lowest BCUT2D eigenvalue weighted by Gasteiger charge is -2.38. The Morgan fingerprint density at radius 1 is 1.40 bits per heavy atom. The molecule has 1 amide bonds. The molecule has 2 N–H and O–H groups in total. The number of sulfone groups is 1. The zero-order valence-corrected chi connectivity index (χ0v) is 15.5. The number of carbonyl (C=O) groups is 1. The lowest BCUT2D eigenvalue weighted by molar-refractivity contribution is -0.157. The molecule has 2 rings (SSSR count). The van der Waals surface area contributed by atoms with Crippen molar-refractivity contribution in [1.82, 2.24) is 10.2 Å². The van der Waals surface area contributed by atoms with Gasteiger partial charge in [-0.3, -0.25) is 4.79 Å². The van der Waals surface area contributed by atoms with Crippen LogP contribution in [0.5, 0.6) is 5.75 Å². The quantitative estimate of drug-likeness (QED) is 0.634. The van der Waals surface area contributed by atoms with Gasteiger partial charge in [-0.15, -0.1) is 0 Å². The van der Waals surface area contributed by atoms with Crippen molar-refractivity contribution in [2.24, 2.45) is 0 Å². The van der Waals surface area contributed by atoms with Gasteiger partial charge >= 0.3 is 0 Å². The summed E-state index contributed by atoms with van der Waals surface area (Å²) in [5.41, 5.74) is -0.559. The van der Waals surface area contributed by atoms with E-state index in [9.17, 15) is 18.3 Å². The van der Waals surface area contributed by atoms with Crippen LogP contribution in [0.3, 0.4) is 0 Å². The summed E-state index contributed by atoms with van der Waals surface area (Å²) in [4.78, 5) is 14.3. The number of hydrogen-bond donors (Lipinski definition) is 2. The fraction of sp³-hybridized carbons (Fsp3) is 0.588. The second-order valence-corrected chi connectivity index (χ2v) is 8.78. The lowest BCUT2D eigenvalue weighted by Crippen LogP contribution is -2.58. The van der Waals surface area contributed by atoms with Crippen molar-refractivity contribution in [1.29, 1.82) is 0 Å². The van der Waals surface area contributed by atoms with Crippen molar-refractivity contribution in [3.05, 3.63) is 29.8 Å². The highest BCUT2D eigenvalue weighted by Gasteiger charge is 2.41. The summed E-state index contributed by atoms with van der Waals surface area (Å²) in [6.45, 7) is 1.25. The van der Waals surface area contributed by atoms with Gasteiger partial charge in [0.15, 0.2) is 5.60 Å². The van der Waals surface area contributed by atoms with Gasteiger partial charge in [-0.25, -0.2) is 8.42 Å². The number of amides is 1. The Hall–Kier alpha value is -1.64. The van der Waals surface area contributed by atoms with Crippen LogP contribution in [-0.4, -0.2) is 68.7 Å². The molecule has 1 aliphatic rings. The minimum absolute atomic E-state index is 0.0230. The molecule has 140 valence electrons. The number of rotatable bonds is 8. The molecule has 1 aliphatic heterocycles. The number of piperidine rings is 1. The monoisotopic (exact) mass is 370 g/mol. The first-order valence-electron chi connectivity index (χ1n) is 8.27. The standard InChI is InChI=1S/C17H26N2O5S/c1-24-15-6-3-5-14(11-15)12-19-9-4-7-17(21,16(19)20)13-18-8-10-25(2,22)23/h3,5-6,11,18,21H,4,7-10,12-13H2,1-2H3/t17-/m0/s1. The average Bonchev–Trinajstić information content (AvgIpc) is 2.56. The fourth-order valence-corrected chi connectivity index (χ4v) is 3.44. The van der Waals surface area contributed by atoms with Gasteiger partial charge in [0.05, 0.1) is 12.9 Å². The molecule has 1 fully saturated rings. The van der Waals surface area contributed by atoms with Gasteiger partial charge in [-0.1, -0.05) is 12.1 Å². The van der Waals surface area contributed by atoms with Crippen molar-refractivity contribution in [2.75, 3.05) is 38.8 Å². The minimum Gasteiger partial charge on any atom is -0.497 e. The van der Waals surface area contributed by atoms with Gasteiger partial charge in [0.25, 0.3) is 5.91 Å². The molecule has 1 atom stereocenters. The van der Waals surface area contributed by atoms with Gasteiger partial charge in [-0.2, -0.15) is 0 Å². The molecule has 1 aromatic carbocycles. The third-order valence-corrected chi connectivity index (χ3v) is 5.22. The number of hydrogen-bond acceptors (Lipinski definition) is 6. The first-order valence-corrected chi connectivity index (χ1v) is 10.3. The molecule has 25 heavy (non-hydrogen) atoms. The van der Waals surface area contributed by atoms with E-state index < -0.39 is 15.4 Å². The molecule has 0 bridgehead atoms. The van der Waals surface area contributed by atoms with Crippen molar-refractivity contribution in [2.45, 2.75) is 25.0 Å². The van der Waals surface area contributed by atoms with Crippen molar-refractivity contribution < 1.29 is 23.1 Å². The Morgan fingerprint density at radius 2 is 2.16 bits per heavy atom. The number of aliphatic hydroxyl groups is 1. The molecular formula is C17H26N2O5S. The van der Waals surface area contributed by atoms with Crippen molar-refractivity contribution in [3.63, 3.8) is 0 Å². The van der Waals surface area contributed by atoms with Gasteiger partial charge in [-0.05, 0) is 30.5 Å². The topological polar surface area (TPSA) is 95.9 Å². The third kappa shape index (κ3) is 5.69. The smallest absolute Gasteiger partial charge is 0.256 e. The largest absolute Gasteiger partial charge is 0.497 e. The maximum absolute atomic E-state index is 12.7. The first-order chi connectivity index (χ1) is 11.7. The molecule has 1 saturated heterocycles. The maximum atomic E-state index is 12.7. The summed E-state index contributed by atoms with van der Waals surface area (Å²) in [6.07, 6.45) is 2.22. The number of benzene rings is 1. The Labute approximate surface area is 148 Å². The van der Waals surface area contributed by atoms with Crippen LogP contribution in [0.4, 0.5) is 0 Å². The number of carbonyl (C=O) groups excluding carboxylic acids is 1. The predicted octanol–water partition coefficient (Wildman–Crippen LogP) is 0.183. The van der Waals surface area contributed by atoms with Crippen molar-refractivity contribution in [3.8, 4) is 5.75 Å². The fourth-order valence-electron chi connectivity index (χ4n) is 2.92. The van der Waals surface area contributed by atoms with E-state index >= 15 is 0 Å². The molecule has 0 saturated carbocycles. The van der Waals surface area contributed by atoms with E-state index in [2.05, 4.69) is 5.32 Å². The molecular weight excluding hydrogens is 344 g/mol. The normalized spacial score (nSPS) is 21.4. The molecule has 1 aromatic rings. The van der Waals surface area contributed by atoms with Crippen LogP contribution in [0.1, 0.15) is 18.4 Å². The summed E-state index contributed by atoms with van der Waals surface area (Å²) < 4.78 is 27.5. The SMILES string of the molecule is COc1cccc(CN2CCC[C@](O)(CNCCS(C)(=O)=O)C2=O)c1. The maximum Gasteiger partial charge on any atom is 0.256 e. The van der Waals surface area contributed by atoms with E-state index in [0.29, 0.717) is 25.9 Å². The van der Waals surface area contributed by atoms with Gasteiger partial charge in [0, 0.05) is 32.4 Å². The van der Waals surface area contributed by atoms with Crippen LogP contribution in [-0.2, 0) is 21.2 Å². The summed E-state index contributed by atoms with van der Waals surface area (Å²) in [5.74, 6) is 0.373. The summed E-state index contributed by atoms with van der Waals surface area (Å²) >= 11 is 0. The van der Waals surface area contributed by atoms with Crippen LogP contribution in [0.2, 0.25) is 0 Å².